The molecule has 7 heteroatoms. The van der Waals surface area contributed by atoms with Crippen LogP contribution in [-0.2, 0) is 5.75 Å². The first-order valence-electron chi connectivity index (χ1n) is 9.66. The summed E-state index contributed by atoms with van der Waals surface area (Å²) >= 11 is 1.70. The molecule has 1 N–H and O–H groups in total. The lowest BCUT2D eigenvalue weighted by molar-refractivity contribution is 0.522. The molecule has 146 valence electrons. The van der Waals surface area contributed by atoms with E-state index in [4.69, 9.17) is 10.2 Å². The van der Waals surface area contributed by atoms with E-state index in [-0.39, 0.29) is 0 Å². The molecule has 0 unspecified atom stereocenters. The number of hydrogen-bond donors (Lipinski definition) is 1. The first kappa shape index (κ1) is 19.2. The SMILES string of the molecule is N#Cc1ccc(N2CCC(Nc3cncc(SCc4ccccc4)n3)CC2)nc1. The van der Waals surface area contributed by atoms with Gasteiger partial charge in [0, 0.05) is 31.1 Å². The van der Waals surface area contributed by atoms with Crippen LogP contribution in [-0.4, -0.2) is 34.1 Å². The molecule has 6 nitrogen and oxygen atoms in total. The van der Waals surface area contributed by atoms with Crippen LogP contribution >= 0.6 is 11.8 Å². The van der Waals surface area contributed by atoms with Crippen molar-refractivity contribution < 1.29 is 0 Å². The lowest BCUT2D eigenvalue weighted by Gasteiger charge is -2.33. The molecule has 0 aliphatic carbocycles. The third-order valence-electron chi connectivity index (χ3n) is 4.89. The maximum Gasteiger partial charge on any atom is 0.146 e. The molecule has 0 radical (unpaired) electrons. The van der Waals surface area contributed by atoms with Gasteiger partial charge in [0.15, 0.2) is 0 Å². The second kappa shape index (κ2) is 9.39. The Labute approximate surface area is 175 Å². The summed E-state index contributed by atoms with van der Waals surface area (Å²) in [6, 6.07) is 16.6. The Morgan fingerprint density at radius 1 is 1.07 bits per heavy atom. The minimum atomic E-state index is 0.369. The van der Waals surface area contributed by atoms with E-state index < -0.39 is 0 Å². The highest BCUT2D eigenvalue weighted by Gasteiger charge is 2.20. The first-order chi connectivity index (χ1) is 14.3. The van der Waals surface area contributed by atoms with Crippen molar-refractivity contribution in [2.45, 2.75) is 29.7 Å². The fourth-order valence-corrected chi connectivity index (χ4v) is 4.13. The molecule has 1 aromatic carbocycles. The molecule has 1 saturated heterocycles. The zero-order valence-corrected chi connectivity index (χ0v) is 16.8. The molecule has 1 aliphatic rings. The predicted molar refractivity (Wildman–Crippen MR) is 116 cm³/mol. The summed E-state index contributed by atoms with van der Waals surface area (Å²) in [4.78, 5) is 15.7. The van der Waals surface area contributed by atoms with Crippen LogP contribution in [0.15, 0.2) is 66.1 Å². The number of aromatic nitrogens is 3. The number of nitrogens with zero attached hydrogens (tertiary/aromatic N) is 5. The van der Waals surface area contributed by atoms with Gasteiger partial charge in [0.2, 0.25) is 0 Å². The van der Waals surface area contributed by atoms with Crippen molar-refractivity contribution in [3.63, 3.8) is 0 Å². The molecule has 0 saturated carbocycles. The highest BCUT2D eigenvalue weighted by molar-refractivity contribution is 7.98. The molecule has 0 amide bonds. The molecule has 1 fully saturated rings. The lowest BCUT2D eigenvalue weighted by Crippen LogP contribution is -2.39. The average Bonchev–Trinajstić information content (AvgIpc) is 2.79. The van der Waals surface area contributed by atoms with Crippen molar-refractivity contribution in [2.24, 2.45) is 0 Å². The van der Waals surface area contributed by atoms with Gasteiger partial charge in [0.05, 0.1) is 18.0 Å². The summed E-state index contributed by atoms with van der Waals surface area (Å²) in [5.41, 5.74) is 1.87. The molecule has 1 aliphatic heterocycles. The predicted octanol–water partition coefficient (Wildman–Crippen LogP) is 4.12. The van der Waals surface area contributed by atoms with Crippen LogP contribution in [0.3, 0.4) is 0 Å². The molecule has 4 rings (SSSR count). The quantitative estimate of drug-likeness (QED) is 0.622. The standard InChI is InChI=1S/C22H22N6S/c23-12-18-6-7-21(25-13-18)28-10-8-19(9-11-28)26-20-14-24-15-22(27-20)29-16-17-4-2-1-3-5-17/h1-7,13-15,19H,8-11,16H2,(H,26,27). The third-order valence-corrected chi connectivity index (χ3v) is 5.86. The van der Waals surface area contributed by atoms with Crippen LogP contribution in [0.5, 0.6) is 0 Å². The van der Waals surface area contributed by atoms with Gasteiger partial charge in [0.1, 0.15) is 22.7 Å². The van der Waals surface area contributed by atoms with Crippen LogP contribution < -0.4 is 10.2 Å². The van der Waals surface area contributed by atoms with E-state index in [0.717, 1.165) is 48.3 Å². The molecule has 3 aromatic rings. The molecule has 0 atom stereocenters. The zero-order chi connectivity index (χ0) is 19.9. The highest BCUT2D eigenvalue weighted by Crippen LogP contribution is 2.23. The van der Waals surface area contributed by atoms with Crippen LogP contribution in [0.25, 0.3) is 0 Å². The van der Waals surface area contributed by atoms with Gasteiger partial charge in [-0.25, -0.2) is 9.97 Å². The van der Waals surface area contributed by atoms with Gasteiger partial charge in [-0.2, -0.15) is 5.26 Å². The lowest BCUT2D eigenvalue weighted by atomic mass is 10.1. The Balaban J connectivity index is 1.29. The summed E-state index contributed by atoms with van der Waals surface area (Å²) in [7, 11) is 0. The molecule has 0 bridgehead atoms. The van der Waals surface area contributed by atoms with E-state index in [0.29, 0.717) is 11.6 Å². The average molecular weight is 403 g/mol. The number of thioether (sulfide) groups is 1. The highest BCUT2D eigenvalue weighted by atomic mass is 32.2. The normalized spacial score (nSPS) is 14.4. The van der Waals surface area contributed by atoms with E-state index in [2.05, 4.69) is 50.5 Å². The molecule has 29 heavy (non-hydrogen) atoms. The van der Waals surface area contributed by atoms with Crippen LogP contribution in [0.1, 0.15) is 24.0 Å². The summed E-state index contributed by atoms with van der Waals surface area (Å²) in [6.07, 6.45) is 7.25. The molecular formula is C22H22N6S. The van der Waals surface area contributed by atoms with Crippen LogP contribution in [0.2, 0.25) is 0 Å². The van der Waals surface area contributed by atoms with Gasteiger partial charge in [-0.3, -0.25) is 4.98 Å². The fourth-order valence-electron chi connectivity index (χ4n) is 3.32. The smallest absolute Gasteiger partial charge is 0.146 e. The number of nitriles is 1. The van der Waals surface area contributed by atoms with Crippen LogP contribution in [0.4, 0.5) is 11.6 Å². The molecular weight excluding hydrogens is 380 g/mol. The Morgan fingerprint density at radius 3 is 2.62 bits per heavy atom. The van der Waals surface area contributed by atoms with E-state index in [1.807, 2.05) is 24.4 Å². The third kappa shape index (κ3) is 5.24. The van der Waals surface area contributed by atoms with Gasteiger partial charge in [0.25, 0.3) is 0 Å². The van der Waals surface area contributed by atoms with Gasteiger partial charge < -0.3 is 10.2 Å². The zero-order valence-electron chi connectivity index (χ0n) is 16.0. The van der Waals surface area contributed by atoms with E-state index in [1.54, 1.807) is 24.2 Å². The first-order valence-corrected chi connectivity index (χ1v) is 10.6. The van der Waals surface area contributed by atoms with Crippen molar-refractivity contribution in [2.75, 3.05) is 23.3 Å². The number of nitrogens with one attached hydrogen (secondary N) is 1. The summed E-state index contributed by atoms with van der Waals surface area (Å²) < 4.78 is 0. The number of piperidine rings is 1. The Kier molecular flexibility index (Phi) is 6.22. The second-order valence-electron chi connectivity index (χ2n) is 6.94. The Morgan fingerprint density at radius 2 is 1.90 bits per heavy atom. The van der Waals surface area contributed by atoms with Gasteiger partial charge in [-0.05, 0) is 30.5 Å². The van der Waals surface area contributed by atoms with Crippen molar-refractivity contribution >= 4 is 23.4 Å². The van der Waals surface area contributed by atoms with Crippen molar-refractivity contribution in [1.29, 1.82) is 5.26 Å². The summed E-state index contributed by atoms with van der Waals surface area (Å²) in [5, 5.41) is 13.4. The van der Waals surface area contributed by atoms with Crippen molar-refractivity contribution in [3.8, 4) is 6.07 Å². The maximum absolute atomic E-state index is 8.90. The Hall–Kier alpha value is -3.11. The number of hydrogen-bond acceptors (Lipinski definition) is 7. The van der Waals surface area contributed by atoms with Gasteiger partial charge in [-0.15, -0.1) is 11.8 Å². The van der Waals surface area contributed by atoms with Crippen molar-refractivity contribution in [3.05, 3.63) is 72.2 Å². The largest absolute Gasteiger partial charge is 0.366 e. The van der Waals surface area contributed by atoms with E-state index in [1.165, 1.54) is 5.56 Å². The number of anilines is 2. The Bertz CT molecular complexity index is 963. The maximum atomic E-state index is 8.90. The molecule has 2 aromatic heterocycles. The van der Waals surface area contributed by atoms with Gasteiger partial charge in [-0.1, -0.05) is 30.3 Å². The summed E-state index contributed by atoms with van der Waals surface area (Å²) in [6.45, 7) is 1.85. The number of benzene rings is 1. The van der Waals surface area contributed by atoms with Gasteiger partial charge >= 0.3 is 0 Å². The second-order valence-corrected chi connectivity index (χ2v) is 7.93. The topological polar surface area (TPSA) is 77.7 Å². The molecule has 0 spiro atoms. The number of pyridine rings is 1. The minimum Gasteiger partial charge on any atom is -0.366 e. The minimum absolute atomic E-state index is 0.369. The monoisotopic (exact) mass is 402 g/mol. The van der Waals surface area contributed by atoms with E-state index >= 15 is 0 Å². The van der Waals surface area contributed by atoms with E-state index in [9.17, 15) is 0 Å². The fraction of sp³-hybridized carbons (Fsp3) is 0.273. The number of rotatable bonds is 6. The molecule has 3 heterocycles. The van der Waals surface area contributed by atoms with Crippen molar-refractivity contribution in [1.82, 2.24) is 15.0 Å². The van der Waals surface area contributed by atoms with Crippen LogP contribution in [0, 0.1) is 11.3 Å². The summed E-state index contributed by atoms with van der Waals surface area (Å²) in [5.74, 6) is 2.65.